The Balaban J connectivity index is 3.32. The van der Waals surface area contributed by atoms with Gasteiger partial charge in [0, 0.05) is 13.0 Å². The minimum Gasteiger partial charge on any atom is -0.355 e. The molecule has 0 aromatic rings. The van der Waals surface area contributed by atoms with E-state index in [1.165, 1.54) is 19.3 Å². The first-order valence-electron chi connectivity index (χ1n) is 7.47. The molecule has 19 heavy (non-hydrogen) atoms. The van der Waals surface area contributed by atoms with Crippen molar-refractivity contribution in [2.24, 2.45) is 5.92 Å². The van der Waals surface area contributed by atoms with Crippen molar-refractivity contribution in [1.82, 2.24) is 10.6 Å². The van der Waals surface area contributed by atoms with E-state index in [1.807, 2.05) is 0 Å². The molecule has 0 heterocycles. The minimum absolute atomic E-state index is 0.0685. The van der Waals surface area contributed by atoms with Crippen molar-refractivity contribution in [2.75, 3.05) is 20.1 Å². The van der Waals surface area contributed by atoms with Crippen LogP contribution in [-0.4, -0.2) is 31.8 Å². The van der Waals surface area contributed by atoms with Crippen LogP contribution in [0.1, 0.15) is 58.8 Å². The molecule has 0 saturated heterocycles. The van der Waals surface area contributed by atoms with E-state index < -0.39 is 0 Å². The molecular formula is C15H30N2O2. The van der Waals surface area contributed by atoms with Crippen molar-refractivity contribution in [1.29, 1.82) is 0 Å². The van der Waals surface area contributed by atoms with E-state index in [0.717, 1.165) is 32.2 Å². The molecule has 0 saturated carbocycles. The lowest BCUT2D eigenvalue weighted by molar-refractivity contribution is -0.120. The maximum absolute atomic E-state index is 11.2. The maximum atomic E-state index is 11.2. The Morgan fingerprint density at radius 3 is 2.37 bits per heavy atom. The number of rotatable bonds is 12. The Labute approximate surface area is 117 Å². The highest BCUT2D eigenvalue weighted by atomic mass is 16.1. The van der Waals surface area contributed by atoms with Gasteiger partial charge in [0.25, 0.3) is 0 Å². The molecule has 0 aliphatic rings. The second kappa shape index (κ2) is 12.2. The number of hydrogen-bond acceptors (Lipinski definition) is 3. The van der Waals surface area contributed by atoms with Crippen LogP contribution in [0.5, 0.6) is 0 Å². The van der Waals surface area contributed by atoms with Crippen LogP contribution in [0.25, 0.3) is 0 Å². The zero-order valence-corrected chi connectivity index (χ0v) is 12.8. The lowest BCUT2D eigenvalue weighted by atomic mass is 9.99. The van der Waals surface area contributed by atoms with Gasteiger partial charge in [-0.25, -0.2) is 0 Å². The maximum Gasteiger partial charge on any atom is 0.233 e. The van der Waals surface area contributed by atoms with Crippen LogP contribution in [-0.2, 0) is 9.59 Å². The van der Waals surface area contributed by atoms with Gasteiger partial charge >= 0.3 is 0 Å². The van der Waals surface area contributed by atoms with Gasteiger partial charge < -0.3 is 15.4 Å². The first-order chi connectivity index (χ1) is 9.06. The third-order valence-corrected chi connectivity index (χ3v) is 3.27. The Bertz CT molecular complexity index is 255. The Morgan fingerprint density at radius 2 is 1.74 bits per heavy atom. The lowest BCUT2D eigenvalue weighted by Gasteiger charge is -2.11. The monoisotopic (exact) mass is 270 g/mol. The number of carbonyl (C=O) groups is 2. The number of likely N-dealkylation sites (N-methyl/N-ethyl adjacent to an activating group) is 1. The molecule has 1 unspecified atom stereocenters. The fourth-order valence-electron chi connectivity index (χ4n) is 2.05. The highest BCUT2D eigenvalue weighted by Crippen LogP contribution is 2.13. The molecular weight excluding hydrogens is 240 g/mol. The average molecular weight is 270 g/mol. The number of unbranched alkanes of at least 4 members (excludes halogenated alkanes) is 3. The normalized spacial score (nSPS) is 12.2. The van der Waals surface area contributed by atoms with Crippen molar-refractivity contribution in [2.45, 2.75) is 58.8 Å². The molecule has 0 spiro atoms. The second-order valence-corrected chi connectivity index (χ2v) is 5.43. The summed E-state index contributed by atoms with van der Waals surface area (Å²) in [5.74, 6) is 1.02. The third kappa shape index (κ3) is 13.3. The van der Waals surface area contributed by atoms with Crippen LogP contribution in [0.2, 0.25) is 0 Å². The number of nitrogens with one attached hydrogen (secondary N) is 2. The summed E-state index contributed by atoms with van der Waals surface area (Å²) >= 11 is 0. The summed E-state index contributed by atoms with van der Waals surface area (Å²) in [5.41, 5.74) is 0. The van der Waals surface area contributed by atoms with Crippen LogP contribution in [0.4, 0.5) is 0 Å². The molecule has 4 nitrogen and oxygen atoms in total. The highest BCUT2D eigenvalue weighted by Gasteiger charge is 2.04. The quantitative estimate of drug-likeness (QED) is 0.535. The SMILES string of the molecule is CNCC(=O)NCCC(C)CCCCCCC(C)=O. The van der Waals surface area contributed by atoms with Gasteiger partial charge in [0.2, 0.25) is 5.91 Å². The van der Waals surface area contributed by atoms with Gasteiger partial charge in [-0.1, -0.05) is 32.6 Å². The van der Waals surface area contributed by atoms with Crippen molar-refractivity contribution in [3.05, 3.63) is 0 Å². The van der Waals surface area contributed by atoms with E-state index >= 15 is 0 Å². The Hall–Kier alpha value is -0.900. The molecule has 2 N–H and O–H groups in total. The highest BCUT2D eigenvalue weighted by molar-refractivity contribution is 5.77. The summed E-state index contributed by atoms with van der Waals surface area (Å²) < 4.78 is 0. The van der Waals surface area contributed by atoms with Gasteiger partial charge in [0.05, 0.1) is 6.54 Å². The first-order valence-corrected chi connectivity index (χ1v) is 7.47. The zero-order chi connectivity index (χ0) is 14.5. The summed E-state index contributed by atoms with van der Waals surface area (Å²) in [6.45, 7) is 5.06. The number of amides is 1. The second-order valence-electron chi connectivity index (χ2n) is 5.43. The third-order valence-electron chi connectivity index (χ3n) is 3.27. The van der Waals surface area contributed by atoms with Crippen LogP contribution in [0.3, 0.4) is 0 Å². The molecule has 1 atom stereocenters. The number of hydrogen-bond donors (Lipinski definition) is 2. The number of Topliss-reactive ketones (excluding diaryl/α,β-unsaturated/α-hetero) is 1. The van der Waals surface area contributed by atoms with Crippen LogP contribution < -0.4 is 10.6 Å². The summed E-state index contributed by atoms with van der Waals surface area (Å²) in [4.78, 5) is 22.0. The van der Waals surface area contributed by atoms with Crippen molar-refractivity contribution < 1.29 is 9.59 Å². The van der Waals surface area contributed by atoms with Gasteiger partial charge in [0.1, 0.15) is 5.78 Å². The van der Waals surface area contributed by atoms with Crippen LogP contribution in [0.15, 0.2) is 0 Å². The first kappa shape index (κ1) is 18.1. The van der Waals surface area contributed by atoms with E-state index in [1.54, 1.807) is 14.0 Å². The van der Waals surface area contributed by atoms with Crippen molar-refractivity contribution in [3.8, 4) is 0 Å². The fourth-order valence-corrected chi connectivity index (χ4v) is 2.05. The van der Waals surface area contributed by atoms with Crippen LogP contribution >= 0.6 is 0 Å². The van der Waals surface area contributed by atoms with Gasteiger partial charge in [-0.3, -0.25) is 4.79 Å². The average Bonchev–Trinajstić information content (AvgIpc) is 2.33. The van der Waals surface area contributed by atoms with Crippen molar-refractivity contribution >= 4 is 11.7 Å². The van der Waals surface area contributed by atoms with Gasteiger partial charge in [0.15, 0.2) is 0 Å². The Kier molecular flexibility index (Phi) is 11.6. The zero-order valence-electron chi connectivity index (χ0n) is 12.8. The lowest BCUT2D eigenvalue weighted by Crippen LogP contribution is -2.33. The molecule has 0 aliphatic heterocycles. The molecule has 0 aliphatic carbocycles. The Morgan fingerprint density at radius 1 is 1.05 bits per heavy atom. The molecule has 112 valence electrons. The molecule has 0 rings (SSSR count). The summed E-state index contributed by atoms with van der Waals surface area (Å²) in [6, 6.07) is 0. The number of ketones is 1. The topological polar surface area (TPSA) is 58.2 Å². The van der Waals surface area contributed by atoms with Crippen molar-refractivity contribution in [3.63, 3.8) is 0 Å². The summed E-state index contributed by atoms with van der Waals surface area (Å²) in [5, 5.41) is 5.73. The predicted molar refractivity (Wildman–Crippen MR) is 79.1 cm³/mol. The summed E-state index contributed by atoms with van der Waals surface area (Å²) in [6.07, 6.45) is 7.61. The van der Waals surface area contributed by atoms with E-state index in [0.29, 0.717) is 18.2 Å². The fraction of sp³-hybridized carbons (Fsp3) is 0.867. The molecule has 0 fully saturated rings. The van der Waals surface area contributed by atoms with Gasteiger partial charge in [-0.2, -0.15) is 0 Å². The van der Waals surface area contributed by atoms with E-state index in [4.69, 9.17) is 0 Å². The molecule has 0 bridgehead atoms. The van der Waals surface area contributed by atoms with Gasteiger partial charge in [-0.15, -0.1) is 0 Å². The summed E-state index contributed by atoms with van der Waals surface area (Å²) in [7, 11) is 1.77. The molecule has 0 aromatic heterocycles. The molecule has 1 amide bonds. The minimum atomic E-state index is 0.0685. The molecule has 0 radical (unpaired) electrons. The largest absolute Gasteiger partial charge is 0.355 e. The molecule has 4 heteroatoms. The number of carbonyl (C=O) groups excluding carboxylic acids is 2. The molecule has 0 aromatic carbocycles. The predicted octanol–water partition coefficient (Wildman–Crippen LogP) is 2.28. The smallest absolute Gasteiger partial charge is 0.233 e. The van der Waals surface area contributed by atoms with E-state index in [-0.39, 0.29) is 5.91 Å². The van der Waals surface area contributed by atoms with E-state index in [2.05, 4.69) is 17.6 Å². The van der Waals surface area contributed by atoms with Crippen LogP contribution in [0, 0.1) is 5.92 Å². The standard InChI is InChI=1S/C15H30N2O2/c1-13(10-11-17-15(19)12-16-3)8-6-4-5-7-9-14(2)18/h13,16H,4-12H2,1-3H3,(H,17,19). The van der Waals surface area contributed by atoms with E-state index in [9.17, 15) is 9.59 Å². The van der Waals surface area contributed by atoms with Gasteiger partial charge in [-0.05, 0) is 32.7 Å².